The number of carbonyl (C=O) groups excluding carboxylic acids is 1. The van der Waals surface area contributed by atoms with Crippen LogP contribution in [0.5, 0.6) is 0 Å². The quantitative estimate of drug-likeness (QED) is 0.775. The van der Waals surface area contributed by atoms with Crippen LogP contribution in [-0.4, -0.2) is 15.5 Å². The Morgan fingerprint density at radius 2 is 2.00 bits per heavy atom. The van der Waals surface area contributed by atoms with Crippen molar-refractivity contribution in [3.63, 3.8) is 0 Å². The normalized spacial score (nSPS) is 11.0. The summed E-state index contributed by atoms with van der Waals surface area (Å²) in [7, 11) is 0. The van der Waals surface area contributed by atoms with E-state index in [0.717, 1.165) is 22.2 Å². The molecule has 0 bridgehead atoms. The van der Waals surface area contributed by atoms with Gasteiger partial charge in [0.2, 0.25) is 5.91 Å². The van der Waals surface area contributed by atoms with Crippen molar-refractivity contribution in [2.24, 2.45) is 0 Å². The van der Waals surface area contributed by atoms with E-state index in [1.54, 1.807) is 29.9 Å². The third kappa shape index (κ3) is 3.63. The van der Waals surface area contributed by atoms with E-state index in [1.165, 1.54) is 0 Å². The van der Waals surface area contributed by atoms with E-state index < -0.39 is 0 Å². The van der Waals surface area contributed by atoms with Gasteiger partial charge >= 0.3 is 0 Å². The zero-order chi connectivity index (χ0) is 18.0. The first-order valence-electron chi connectivity index (χ1n) is 8.23. The maximum atomic E-state index is 12.5. The molecule has 2 heterocycles. The fourth-order valence-electron chi connectivity index (χ4n) is 2.75. The highest BCUT2D eigenvalue weighted by molar-refractivity contribution is 5.78. The number of amides is 1. The number of hydrogen-bond acceptors (Lipinski definition) is 4. The van der Waals surface area contributed by atoms with Crippen molar-refractivity contribution in [3.05, 3.63) is 63.5 Å². The lowest BCUT2D eigenvalue weighted by Crippen LogP contribution is -2.28. The first kappa shape index (κ1) is 17.0. The van der Waals surface area contributed by atoms with Gasteiger partial charge in [-0.05, 0) is 56.2 Å². The summed E-state index contributed by atoms with van der Waals surface area (Å²) in [6.07, 6.45) is 1.78. The summed E-state index contributed by atoms with van der Waals surface area (Å²) in [5.74, 6) is 0.566. The molecule has 0 unspecified atom stereocenters. The van der Waals surface area contributed by atoms with Gasteiger partial charge in [-0.3, -0.25) is 9.59 Å². The molecule has 0 fully saturated rings. The Balaban J connectivity index is 1.80. The number of furan rings is 1. The maximum Gasteiger partial charge on any atom is 0.272 e. The molecule has 1 N–H and O–H groups in total. The van der Waals surface area contributed by atoms with Crippen molar-refractivity contribution in [2.75, 3.05) is 0 Å². The molecule has 0 aliphatic carbocycles. The molecule has 0 spiro atoms. The number of benzene rings is 1. The second kappa shape index (κ2) is 6.93. The van der Waals surface area contributed by atoms with Gasteiger partial charge in [0.25, 0.3) is 5.56 Å². The Kier molecular flexibility index (Phi) is 4.70. The van der Waals surface area contributed by atoms with Gasteiger partial charge in [0.15, 0.2) is 0 Å². The van der Waals surface area contributed by atoms with Crippen LogP contribution in [0.2, 0.25) is 0 Å². The monoisotopic (exact) mass is 339 g/mol. The molecule has 6 nitrogen and oxygen atoms in total. The van der Waals surface area contributed by atoms with E-state index in [0.29, 0.717) is 24.5 Å². The van der Waals surface area contributed by atoms with Crippen LogP contribution < -0.4 is 10.9 Å². The number of carbonyl (C=O) groups is 1. The number of nitrogens with one attached hydrogen (secondary N) is 1. The van der Waals surface area contributed by atoms with Crippen molar-refractivity contribution in [1.29, 1.82) is 0 Å². The van der Waals surface area contributed by atoms with Crippen molar-refractivity contribution < 1.29 is 9.21 Å². The summed E-state index contributed by atoms with van der Waals surface area (Å²) in [5, 5.41) is 2.79. The molecule has 0 aliphatic rings. The zero-order valence-corrected chi connectivity index (χ0v) is 14.6. The molecule has 2 aromatic heterocycles. The maximum absolute atomic E-state index is 12.5. The number of nitrogens with zero attached hydrogens (tertiary/aromatic N) is 2. The smallest absolute Gasteiger partial charge is 0.272 e. The SMILES string of the molecule is Cc1cc2nc(C)c(=O)n(CCC(=O)NCc3ccco3)c2cc1C. The molecule has 130 valence electrons. The van der Waals surface area contributed by atoms with Gasteiger partial charge in [0, 0.05) is 13.0 Å². The Bertz CT molecular complexity index is 972. The zero-order valence-electron chi connectivity index (χ0n) is 14.6. The van der Waals surface area contributed by atoms with Gasteiger partial charge in [0.1, 0.15) is 11.5 Å². The van der Waals surface area contributed by atoms with E-state index in [-0.39, 0.29) is 17.9 Å². The van der Waals surface area contributed by atoms with Crippen LogP contribution in [0.15, 0.2) is 39.7 Å². The van der Waals surface area contributed by atoms with E-state index >= 15 is 0 Å². The molecule has 1 amide bonds. The predicted molar refractivity (Wildman–Crippen MR) is 95.4 cm³/mol. The third-order valence-electron chi connectivity index (χ3n) is 4.33. The summed E-state index contributed by atoms with van der Waals surface area (Å²) in [5.41, 5.74) is 4.03. The largest absolute Gasteiger partial charge is 0.467 e. The molecule has 1 aromatic carbocycles. The first-order chi connectivity index (χ1) is 12.0. The van der Waals surface area contributed by atoms with Gasteiger partial charge in [-0.25, -0.2) is 4.98 Å². The van der Waals surface area contributed by atoms with Gasteiger partial charge in [-0.1, -0.05) is 0 Å². The van der Waals surface area contributed by atoms with E-state index in [1.807, 2.05) is 26.0 Å². The first-order valence-corrected chi connectivity index (χ1v) is 8.23. The summed E-state index contributed by atoms with van der Waals surface area (Å²) >= 11 is 0. The summed E-state index contributed by atoms with van der Waals surface area (Å²) in [6.45, 7) is 6.37. The Hall–Kier alpha value is -2.89. The minimum Gasteiger partial charge on any atom is -0.467 e. The van der Waals surface area contributed by atoms with Crippen LogP contribution in [0.1, 0.15) is 29.0 Å². The fraction of sp³-hybridized carbons (Fsp3) is 0.316. The molecule has 0 atom stereocenters. The molecular weight excluding hydrogens is 318 g/mol. The molecular formula is C19H21N3O3. The summed E-state index contributed by atoms with van der Waals surface area (Å²) in [4.78, 5) is 29.0. The van der Waals surface area contributed by atoms with Gasteiger partial charge in [-0.15, -0.1) is 0 Å². The second-order valence-electron chi connectivity index (χ2n) is 6.19. The van der Waals surface area contributed by atoms with Crippen LogP contribution in [0.3, 0.4) is 0 Å². The average Bonchev–Trinajstić information content (AvgIpc) is 3.09. The van der Waals surface area contributed by atoms with Gasteiger partial charge in [0.05, 0.1) is 23.8 Å². The van der Waals surface area contributed by atoms with Gasteiger partial charge in [-0.2, -0.15) is 0 Å². The molecule has 0 aliphatic heterocycles. The van der Waals surface area contributed by atoms with E-state index in [9.17, 15) is 9.59 Å². The lowest BCUT2D eigenvalue weighted by molar-refractivity contribution is -0.121. The molecule has 0 radical (unpaired) electrons. The van der Waals surface area contributed by atoms with Crippen LogP contribution in [-0.2, 0) is 17.9 Å². The van der Waals surface area contributed by atoms with Crippen LogP contribution >= 0.6 is 0 Å². The Labute approximate surface area is 145 Å². The number of aromatic nitrogens is 2. The average molecular weight is 339 g/mol. The molecule has 0 saturated heterocycles. The van der Waals surface area contributed by atoms with Crippen LogP contribution in [0, 0.1) is 20.8 Å². The molecule has 6 heteroatoms. The Morgan fingerprint density at radius 3 is 2.72 bits per heavy atom. The van der Waals surface area contributed by atoms with Crippen LogP contribution in [0.25, 0.3) is 11.0 Å². The predicted octanol–water partition coefficient (Wildman–Crippen LogP) is 2.62. The lowest BCUT2D eigenvalue weighted by Gasteiger charge is -2.13. The number of rotatable bonds is 5. The number of hydrogen-bond donors (Lipinski definition) is 1. The molecule has 3 aromatic rings. The van der Waals surface area contributed by atoms with Crippen LogP contribution in [0.4, 0.5) is 0 Å². The fourth-order valence-corrected chi connectivity index (χ4v) is 2.75. The molecule has 3 rings (SSSR count). The van der Waals surface area contributed by atoms with E-state index in [4.69, 9.17) is 4.42 Å². The second-order valence-corrected chi connectivity index (χ2v) is 6.19. The highest BCUT2D eigenvalue weighted by Crippen LogP contribution is 2.17. The van der Waals surface area contributed by atoms with Crippen molar-refractivity contribution in [1.82, 2.24) is 14.9 Å². The number of fused-ring (bicyclic) bond motifs is 1. The van der Waals surface area contributed by atoms with Crippen molar-refractivity contribution >= 4 is 16.9 Å². The minimum absolute atomic E-state index is 0.130. The third-order valence-corrected chi connectivity index (χ3v) is 4.33. The topological polar surface area (TPSA) is 77.1 Å². The minimum atomic E-state index is -0.158. The standard InChI is InChI=1S/C19H21N3O3/c1-12-9-16-17(10-13(12)2)22(19(24)14(3)21-16)7-6-18(23)20-11-15-5-4-8-25-15/h4-5,8-10H,6-7,11H2,1-3H3,(H,20,23). The highest BCUT2D eigenvalue weighted by Gasteiger charge is 2.11. The summed E-state index contributed by atoms with van der Waals surface area (Å²) in [6, 6.07) is 7.51. The van der Waals surface area contributed by atoms with E-state index in [2.05, 4.69) is 10.3 Å². The summed E-state index contributed by atoms with van der Waals surface area (Å²) < 4.78 is 6.82. The van der Waals surface area contributed by atoms with Gasteiger partial charge < -0.3 is 14.3 Å². The Morgan fingerprint density at radius 1 is 1.24 bits per heavy atom. The van der Waals surface area contributed by atoms with Crippen molar-refractivity contribution in [3.8, 4) is 0 Å². The molecule has 25 heavy (non-hydrogen) atoms. The lowest BCUT2D eigenvalue weighted by atomic mass is 10.1. The number of aryl methyl sites for hydroxylation is 4. The van der Waals surface area contributed by atoms with Crippen molar-refractivity contribution in [2.45, 2.75) is 40.3 Å². The molecule has 0 saturated carbocycles. The highest BCUT2D eigenvalue weighted by atomic mass is 16.3.